The first-order valence-corrected chi connectivity index (χ1v) is 7.87. The Morgan fingerprint density at radius 2 is 1.62 bits per heavy atom. The lowest BCUT2D eigenvalue weighted by Gasteiger charge is -2.15. The maximum absolute atomic E-state index is 6.09. The van der Waals surface area contributed by atoms with Crippen molar-refractivity contribution in [3.63, 3.8) is 0 Å². The first-order chi connectivity index (χ1) is 10.3. The van der Waals surface area contributed by atoms with Crippen molar-refractivity contribution in [1.29, 1.82) is 0 Å². The molecule has 0 aliphatic heterocycles. The van der Waals surface area contributed by atoms with Gasteiger partial charge in [-0.2, -0.15) is 0 Å². The summed E-state index contributed by atoms with van der Waals surface area (Å²) in [5.41, 5.74) is 8.55. The van der Waals surface area contributed by atoms with Crippen LogP contribution in [0.3, 0.4) is 0 Å². The van der Waals surface area contributed by atoms with Gasteiger partial charge in [0.15, 0.2) is 0 Å². The second-order valence-corrected chi connectivity index (χ2v) is 5.88. The Bertz CT molecular complexity index is 550. The Morgan fingerprint density at radius 3 is 2.29 bits per heavy atom. The zero-order valence-electron chi connectivity index (χ0n) is 12.4. The van der Waals surface area contributed by atoms with Gasteiger partial charge in [-0.1, -0.05) is 48.9 Å². The molecule has 2 heteroatoms. The van der Waals surface area contributed by atoms with Crippen molar-refractivity contribution in [2.24, 2.45) is 11.7 Å². The fraction of sp³-hybridized carbons (Fsp3) is 0.368. The maximum Gasteiger partial charge on any atom is 0.119 e. The van der Waals surface area contributed by atoms with Crippen molar-refractivity contribution < 1.29 is 4.74 Å². The minimum absolute atomic E-state index is 0.383. The summed E-state index contributed by atoms with van der Waals surface area (Å²) < 4.78 is 5.85. The molecule has 2 N–H and O–H groups in total. The predicted molar refractivity (Wildman–Crippen MR) is 87.3 cm³/mol. The molecule has 3 rings (SSSR count). The van der Waals surface area contributed by atoms with Crippen LogP contribution in [0.15, 0.2) is 54.6 Å². The standard InChI is InChI=1S/C19H23NO/c20-19-8-4-7-17(19)13-14-21-18-11-9-16(10-12-18)15-5-2-1-3-6-15/h1-3,5-6,9-12,17,19H,4,7-8,13-14,20H2. The SMILES string of the molecule is NC1CCCC1CCOc1ccc(-c2ccccc2)cc1. The van der Waals surface area contributed by atoms with Gasteiger partial charge in [0.2, 0.25) is 0 Å². The fourth-order valence-electron chi connectivity index (χ4n) is 3.13. The van der Waals surface area contributed by atoms with E-state index in [-0.39, 0.29) is 0 Å². The van der Waals surface area contributed by atoms with E-state index in [0.29, 0.717) is 12.0 Å². The molecule has 0 amide bonds. The third kappa shape index (κ3) is 3.64. The van der Waals surface area contributed by atoms with E-state index in [1.54, 1.807) is 0 Å². The monoisotopic (exact) mass is 281 g/mol. The largest absolute Gasteiger partial charge is 0.494 e. The van der Waals surface area contributed by atoms with Gasteiger partial charge >= 0.3 is 0 Å². The Kier molecular flexibility index (Phi) is 4.56. The molecule has 0 aromatic heterocycles. The molecule has 2 unspecified atom stereocenters. The van der Waals surface area contributed by atoms with E-state index in [1.807, 2.05) is 6.07 Å². The second kappa shape index (κ2) is 6.77. The summed E-state index contributed by atoms with van der Waals surface area (Å²) in [5.74, 6) is 1.59. The maximum atomic E-state index is 6.09. The summed E-state index contributed by atoms with van der Waals surface area (Å²) in [5, 5.41) is 0. The first-order valence-electron chi connectivity index (χ1n) is 7.87. The zero-order chi connectivity index (χ0) is 14.5. The number of rotatable bonds is 5. The lowest BCUT2D eigenvalue weighted by atomic mass is 10.0. The first kappa shape index (κ1) is 14.2. The molecule has 0 radical (unpaired) electrons. The van der Waals surface area contributed by atoms with Gasteiger partial charge in [0.25, 0.3) is 0 Å². The van der Waals surface area contributed by atoms with E-state index in [4.69, 9.17) is 10.5 Å². The van der Waals surface area contributed by atoms with Crippen LogP contribution in [0.2, 0.25) is 0 Å². The van der Waals surface area contributed by atoms with Crippen molar-refractivity contribution in [2.45, 2.75) is 31.7 Å². The number of hydrogen-bond donors (Lipinski definition) is 1. The third-order valence-electron chi connectivity index (χ3n) is 4.44. The average Bonchev–Trinajstić information content (AvgIpc) is 2.94. The third-order valence-corrected chi connectivity index (χ3v) is 4.44. The van der Waals surface area contributed by atoms with Crippen LogP contribution in [-0.4, -0.2) is 12.6 Å². The number of ether oxygens (including phenoxy) is 1. The van der Waals surface area contributed by atoms with Crippen LogP contribution in [-0.2, 0) is 0 Å². The molecule has 0 heterocycles. The molecule has 1 fully saturated rings. The van der Waals surface area contributed by atoms with Crippen LogP contribution in [0, 0.1) is 5.92 Å². The van der Waals surface area contributed by atoms with E-state index < -0.39 is 0 Å². The number of nitrogens with two attached hydrogens (primary N) is 1. The molecular weight excluding hydrogens is 258 g/mol. The highest BCUT2D eigenvalue weighted by molar-refractivity contribution is 5.63. The normalized spacial score (nSPS) is 21.4. The molecule has 2 aromatic carbocycles. The van der Waals surface area contributed by atoms with Crippen LogP contribution in [0.4, 0.5) is 0 Å². The summed E-state index contributed by atoms with van der Waals surface area (Å²) in [6.45, 7) is 0.767. The molecule has 2 nitrogen and oxygen atoms in total. The van der Waals surface area contributed by atoms with Crippen molar-refractivity contribution in [3.8, 4) is 16.9 Å². The van der Waals surface area contributed by atoms with E-state index >= 15 is 0 Å². The summed E-state index contributed by atoms with van der Waals surface area (Å²) in [4.78, 5) is 0. The van der Waals surface area contributed by atoms with Crippen LogP contribution < -0.4 is 10.5 Å². The molecule has 0 saturated heterocycles. The lowest BCUT2D eigenvalue weighted by Crippen LogP contribution is -2.25. The van der Waals surface area contributed by atoms with Gasteiger partial charge in [-0.25, -0.2) is 0 Å². The highest BCUT2D eigenvalue weighted by Crippen LogP contribution is 2.27. The Labute approximate surface area is 126 Å². The molecule has 1 saturated carbocycles. The predicted octanol–water partition coefficient (Wildman–Crippen LogP) is 4.25. The Morgan fingerprint density at radius 1 is 0.905 bits per heavy atom. The Hall–Kier alpha value is -1.80. The van der Waals surface area contributed by atoms with Crippen molar-refractivity contribution in [2.75, 3.05) is 6.61 Å². The van der Waals surface area contributed by atoms with Gasteiger partial charge in [0, 0.05) is 6.04 Å². The smallest absolute Gasteiger partial charge is 0.119 e. The molecule has 2 aromatic rings. The van der Waals surface area contributed by atoms with Gasteiger partial charge in [-0.3, -0.25) is 0 Å². The molecule has 0 spiro atoms. The summed E-state index contributed by atoms with van der Waals surface area (Å²) >= 11 is 0. The topological polar surface area (TPSA) is 35.2 Å². The van der Waals surface area contributed by atoms with Crippen LogP contribution in [0.25, 0.3) is 11.1 Å². The number of benzene rings is 2. The second-order valence-electron chi connectivity index (χ2n) is 5.88. The quantitative estimate of drug-likeness (QED) is 0.889. The molecule has 1 aliphatic carbocycles. The lowest BCUT2D eigenvalue weighted by molar-refractivity contribution is 0.271. The minimum Gasteiger partial charge on any atom is -0.494 e. The highest BCUT2D eigenvalue weighted by Gasteiger charge is 2.23. The van der Waals surface area contributed by atoms with E-state index in [0.717, 1.165) is 18.8 Å². The van der Waals surface area contributed by atoms with Crippen LogP contribution in [0.1, 0.15) is 25.7 Å². The molecule has 2 atom stereocenters. The summed E-state index contributed by atoms with van der Waals surface area (Å²) in [6.07, 6.45) is 4.78. The van der Waals surface area contributed by atoms with Crippen LogP contribution in [0.5, 0.6) is 5.75 Å². The molecule has 1 aliphatic rings. The van der Waals surface area contributed by atoms with Gasteiger partial charge in [0.1, 0.15) is 5.75 Å². The zero-order valence-corrected chi connectivity index (χ0v) is 12.4. The van der Waals surface area contributed by atoms with Crippen molar-refractivity contribution in [3.05, 3.63) is 54.6 Å². The average molecular weight is 281 g/mol. The number of hydrogen-bond acceptors (Lipinski definition) is 2. The highest BCUT2D eigenvalue weighted by atomic mass is 16.5. The van der Waals surface area contributed by atoms with Gasteiger partial charge in [-0.15, -0.1) is 0 Å². The summed E-state index contributed by atoms with van der Waals surface area (Å²) in [7, 11) is 0. The van der Waals surface area contributed by atoms with Crippen LogP contribution >= 0.6 is 0 Å². The Balaban J connectivity index is 1.53. The minimum atomic E-state index is 0.383. The molecule has 110 valence electrons. The van der Waals surface area contributed by atoms with Crippen molar-refractivity contribution >= 4 is 0 Å². The fourth-order valence-corrected chi connectivity index (χ4v) is 3.13. The van der Waals surface area contributed by atoms with Crippen molar-refractivity contribution in [1.82, 2.24) is 0 Å². The van der Waals surface area contributed by atoms with Gasteiger partial charge in [-0.05, 0) is 48.4 Å². The molecule has 0 bridgehead atoms. The van der Waals surface area contributed by atoms with Gasteiger partial charge < -0.3 is 10.5 Å². The molecular formula is C19H23NO. The van der Waals surface area contributed by atoms with Gasteiger partial charge in [0.05, 0.1) is 6.61 Å². The van der Waals surface area contributed by atoms with E-state index in [1.165, 1.54) is 30.4 Å². The summed E-state index contributed by atoms with van der Waals surface area (Å²) in [6, 6.07) is 19.1. The molecule has 21 heavy (non-hydrogen) atoms. The van der Waals surface area contributed by atoms with E-state index in [9.17, 15) is 0 Å². The van der Waals surface area contributed by atoms with E-state index in [2.05, 4.69) is 48.5 Å².